The number of aryl methyl sites for hydroxylation is 1. The number of halogens is 7. The quantitative estimate of drug-likeness (QED) is 0.804. The van der Waals surface area contributed by atoms with Crippen molar-refractivity contribution in [2.75, 3.05) is 26.2 Å². The smallest absolute Gasteiger partial charge is 0.314 e. The highest BCUT2D eigenvalue weighted by molar-refractivity contribution is 5.85. The Labute approximate surface area is 137 Å². The molecule has 128 valence electrons. The summed E-state index contributed by atoms with van der Waals surface area (Å²) in [6, 6.07) is 0.0857. The van der Waals surface area contributed by atoms with Crippen LogP contribution in [0.15, 0.2) is 12.1 Å². The Bertz CT molecular complexity index is 490. The monoisotopic (exact) mass is 366 g/mol. The Morgan fingerprint density at radius 3 is 2.09 bits per heavy atom. The molecule has 0 unspecified atom stereocenters. The number of piperazine rings is 1. The molecule has 0 bridgehead atoms. The van der Waals surface area contributed by atoms with Crippen LogP contribution in [0, 0.1) is 18.6 Å². The zero-order valence-corrected chi connectivity index (χ0v) is 13.3. The van der Waals surface area contributed by atoms with Gasteiger partial charge in [0.1, 0.15) is 6.04 Å². The third-order valence-electron chi connectivity index (χ3n) is 3.43. The molecule has 0 saturated carbocycles. The van der Waals surface area contributed by atoms with Crippen molar-refractivity contribution in [3.05, 3.63) is 34.9 Å². The number of rotatable bonds is 2. The highest BCUT2D eigenvalue weighted by Crippen LogP contribution is 2.39. The molecule has 1 saturated heterocycles. The molecule has 1 aliphatic heterocycles. The van der Waals surface area contributed by atoms with Crippen LogP contribution in [0.2, 0.25) is 0 Å². The maximum absolute atomic E-state index is 13.9. The molecule has 2 rings (SSSR count). The predicted octanol–water partition coefficient (Wildman–Crippen LogP) is 3.63. The standard InChI is InChI=1S/C13H15F5N2.2ClH/c1-8-2-3-9(11(15)10(8)14)12(13(16,17)18)20-6-4-19-5-7-20;;/h2-3,12,19H,4-7H2,1H3;2*1H/t12-;;/m0../s1. The fraction of sp³-hybridized carbons (Fsp3) is 0.538. The molecule has 1 atom stereocenters. The van der Waals surface area contributed by atoms with E-state index in [-0.39, 0.29) is 43.5 Å². The van der Waals surface area contributed by atoms with Crippen molar-refractivity contribution in [3.63, 3.8) is 0 Å². The summed E-state index contributed by atoms with van der Waals surface area (Å²) < 4.78 is 67.2. The molecule has 1 heterocycles. The van der Waals surface area contributed by atoms with Gasteiger partial charge in [0.25, 0.3) is 0 Å². The van der Waals surface area contributed by atoms with Crippen molar-refractivity contribution in [2.45, 2.75) is 19.1 Å². The summed E-state index contributed by atoms with van der Waals surface area (Å²) in [5, 5.41) is 2.93. The van der Waals surface area contributed by atoms with E-state index < -0.39 is 29.4 Å². The highest BCUT2D eigenvalue weighted by Gasteiger charge is 2.46. The van der Waals surface area contributed by atoms with Crippen molar-refractivity contribution in [3.8, 4) is 0 Å². The lowest BCUT2D eigenvalue weighted by Crippen LogP contribution is -2.49. The van der Waals surface area contributed by atoms with Gasteiger partial charge in [0.05, 0.1) is 0 Å². The number of alkyl halides is 3. The van der Waals surface area contributed by atoms with E-state index >= 15 is 0 Å². The molecule has 1 aromatic carbocycles. The van der Waals surface area contributed by atoms with Crippen LogP contribution in [-0.2, 0) is 0 Å². The Kier molecular flexibility index (Phi) is 8.05. The highest BCUT2D eigenvalue weighted by atomic mass is 35.5. The van der Waals surface area contributed by atoms with Gasteiger partial charge in [-0.15, -0.1) is 24.8 Å². The van der Waals surface area contributed by atoms with Crippen molar-refractivity contribution in [2.24, 2.45) is 0 Å². The van der Waals surface area contributed by atoms with E-state index in [1.165, 1.54) is 13.0 Å². The number of nitrogens with zero attached hydrogens (tertiary/aromatic N) is 1. The topological polar surface area (TPSA) is 15.3 Å². The summed E-state index contributed by atoms with van der Waals surface area (Å²) in [6.07, 6.45) is -4.65. The van der Waals surface area contributed by atoms with Gasteiger partial charge in [-0.2, -0.15) is 13.2 Å². The molecule has 1 aromatic rings. The van der Waals surface area contributed by atoms with Crippen molar-refractivity contribution in [1.29, 1.82) is 0 Å². The Morgan fingerprint density at radius 2 is 1.59 bits per heavy atom. The summed E-state index contributed by atoms with van der Waals surface area (Å²) in [4.78, 5) is 1.13. The van der Waals surface area contributed by atoms with Gasteiger partial charge >= 0.3 is 6.18 Å². The molecule has 1 aliphatic rings. The molecular formula is C13H17Cl2F5N2. The number of hydrogen-bond acceptors (Lipinski definition) is 2. The predicted molar refractivity (Wildman–Crippen MR) is 78.8 cm³/mol. The first-order valence-electron chi connectivity index (χ1n) is 6.28. The molecule has 22 heavy (non-hydrogen) atoms. The van der Waals surface area contributed by atoms with Gasteiger partial charge in [0.15, 0.2) is 11.6 Å². The maximum Gasteiger partial charge on any atom is 0.408 e. The van der Waals surface area contributed by atoms with Crippen LogP contribution in [0.5, 0.6) is 0 Å². The largest absolute Gasteiger partial charge is 0.408 e. The molecule has 0 spiro atoms. The molecular weight excluding hydrogens is 350 g/mol. The summed E-state index contributed by atoms with van der Waals surface area (Å²) >= 11 is 0. The molecule has 0 aliphatic carbocycles. The molecule has 0 radical (unpaired) electrons. The summed E-state index contributed by atoms with van der Waals surface area (Å²) in [5.41, 5.74) is -0.657. The average Bonchev–Trinajstić information content (AvgIpc) is 2.39. The minimum Gasteiger partial charge on any atom is -0.314 e. The van der Waals surface area contributed by atoms with Crippen LogP contribution in [0.4, 0.5) is 22.0 Å². The van der Waals surface area contributed by atoms with Gasteiger partial charge in [0, 0.05) is 31.7 Å². The minimum absolute atomic E-state index is 0. The Balaban J connectivity index is 0.00000220. The van der Waals surface area contributed by atoms with Crippen LogP contribution in [0.25, 0.3) is 0 Å². The maximum atomic E-state index is 13.9. The molecule has 2 nitrogen and oxygen atoms in total. The lowest BCUT2D eigenvalue weighted by Gasteiger charge is -2.36. The first kappa shape index (κ1) is 21.4. The van der Waals surface area contributed by atoms with E-state index in [1.54, 1.807) is 0 Å². The second kappa shape index (κ2) is 8.29. The van der Waals surface area contributed by atoms with Crippen molar-refractivity contribution < 1.29 is 22.0 Å². The van der Waals surface area contributed by atoms with Crippen LogP contribution in [0.1, 0.15) is 17.2 Å². The average molecular weight is 367 g/mol. The van der Waals surface area contributed by atoms with Crippen LogP contribution < -0.4 is 5.32 Å². The van der Waals surface area contributed by atoms with E-state index in [0.29, 0.717) is 13.1 Å². The van der Waals surface area contributed by atoms with Crippen LogP contribution in [-0.4, -0.2) is 37.3 Å². The zero-order valence-electron chi connectivity index (χ0n) is 11.7. The van der Waals surface area contributed by atoms with E-state index in [2.05, 4.69) is 5.32 Å². The minimum atomic E-state index is -4.65. The fourth-order valence-electron chi connectivity index (χ4n) is 2.39. The van der Waals surface area contributed by atoms with E-state index in [1.807, 2.05) is 0 Å². The lowest BCUT2D eigenvalue weighted by atomic mass is 10.0. The second-order valence-corrected chi connectivity index (χ2v) is 4.83. The Morgan fingerprint density at radius 1 is 1.05 bits per heavy atom. The number of benzene rings is 1. The molecule has 9 heteroatoms. The van der Waals surface area contributed by atoms with E-state index in [0.717, 1.165) is 11.0 Å². The fourth-order valence-corrected chi connectivity index (χ4v) is 2.39. The SMILES string of the molecule is Cc1ccc([C@H](N2CCNCC2)C(F)(F)F)c(F)c1F.Cl.Cl. The number of nitrogens with one attached hydrogen (secondary N) is 1. The lowest BCUT2D eigenvalue weighted by molar-refractivity contribution is -0.188. The summed E-state index contributed by atoms with van der Waals surface area (Å²) in [5.74, 6) is -2.63. The molecule has 0 amide bonds. The first-order chi connectivity index (χ1) is 9.32. The van der Waals surface area contributed by atoms with Gasteiger partial charge in [-0.25, -0.2) is 8.78 Å². The van der Waals surface area contributed by atoms with Crippen molar-refractivity contribution >= 4 is 24.8 Å². The number of hydrogen-bond donors (Lipinski definition) is 1. The third kappa shape index (κ3) is 4.44. The molecule has 1 fully saturated rings. The van der Waals surface area contributed by atoms with Gasteiger partial charge in [0.2, 0.25) is 0 Å². The van der Waals surface area contributed by atoms with E-state index in [9.17, 15) is 22.0 Å². The van der Waals surface area contributed by atoms with Gasteiger partial charge in [-0.1, -0.05) is 12.1 Å². The Hall–Kier alpha value is -0.630. The first-order valence-corrected chi connectivity index (χ1v) is 6.28. The summed E-state index contributed by atoms with van der Waals surface area (Å²) in [7, 11) is 0. The normalized spacial score (nSPS) is 17.4. The molecule has 1 N–H and O–H groups in total. The van der Waals surface area contributed by atoms with Crippen LogP contribution in [0.3, 0.4) is 0 Å². The van der Waals surface area contributed by atoms with Crippen LogP contribution >= 0.6 is 24.8 Å². The van der Waals surface area contributed by atoms with Gasteiger partial charge < -0.3 is 5.32 Å². The molecule has 0 aromatic heterocycles. The second-order valence-electron chi connectivity index (χ2n) is 4.83. The van der Waals surface area contributed by atoms with Crippen molar-refractivity contribution in [1.82, 2.24) is 10.2 Å². The zero-order chi connectivity index (χ0) is 14.9. The van der Waals surface area contributed by atoms with E-state index in [4.69, 9.17) is 0 Å². The summed E-state index contributed by atoms with van der Waals surface area (Å²) in [6.45, 7) is 2.37. The van der Waals surface area contributed by atoms with Gasteiger partial charge in [-0.05, 0) is 12.5 Å². The third-order valence-corrected chi connectivity index (χ3v) is 3.43. The van der Waals surface area contributed by atoms with Gasteiger partial charge in [-0.3, -0.25) is 4.90 Å².